The molecule has 2 unspecified atom stereocenters. The standard InChI is InChI=1S/C22H22FNO8/c1-3-29-17-7-6-14(9-16(17)23)21(25)20(22(26)30-4-2)15(11-24(27)28)13-5-8-18-19(10-13)32-12-31-18/h5-10,15,20H,3-4,11-12H2,1-2H3. The minimum absolute atomic E-state index is 0.00954. The highest BCUT2D eigenvalue weighted by Gasteiger charge is 2.41. The fourth-order valence-electron chi connectivity index (χ4n) is 3.50. The van der Waals surface area contributed by atoms with Crippen molar-refractivity contribution in [1.82, 2.24) is 0 Å². The number of rotatable bonds is 10. The number of nitro groups is 1. The lowest BCUT2D eigenvalue weighted by molar-refractivity contribution is -0.484. The van der Waals surface area contributed by atoms with E-state index in [4.69, 9.17) is 18.9 Å². The van der Waals surface area contributed by atoms with Gasteiger partial charge in [-0.2, -0.15) is 0 Å². The number of nitrogens with zero attached hydrogens (tertiary/aromatic N) is 1. The molecule has 0 radical (unpaired) electrons. The summed E-state index contributed by atoms with van der Waals surface area (Å²) >= 11 is 0. The first kappa shape index (κ1) is 23.0. The van der Waals surface area contributed by atoms with Gasteiger partial charge in [0.1, 0.15) is 5.92 Å². The molecular weight excluding hydrogens is 425 g/mol. The number of carbonyl (C=O) groups excluding carboxylic acids is 2. The Balaban J connectivity index is 2.04. The van der Waals surface area contributed by atoms with Crippen LogP contribution in [0, 0.1) is 21.8 Å². The van der Waals surface area contributed by atoms with Crippen LogP contribution in [-0.4, -0.2) is 43.2 Å². The smallest absolute Gasteiger partial charge is 0.317 e. The summed E-state index contributed by atoms with van der Waals surface area (Å²) in [5.74, 6) is -4.52. The molecule has 0 amide bonds. The second kappa shape index (κ2) is 10.1. The van der Waals surface area contributed by atoms with Crippen LogP contribution in [0.3, 0.4) is 0 Å². The molecule has 1 heterocycles. The van der Waals surface area contributed by atoms with Gasteiger partial charge in [0, 0.05) is 10.5 Å². The van der Waals surface area contributed by atoms with E-state index in [1.165, 1.54) is 24.3 Å². The van der Waals surface area contributed by atoms with Crippen LogP contribution in [-0.2, 0) is 9.53 Å². The summed E-state index contributed by atoms with van der Waals surface area (Å²) in [6.45, 7) is 2.69. The topological polar surface area (TPSA) is 114 Å². The maximum atomic E-state index is 14.4. The number of Topliss-reactive ketones (excluding diaryl/α,β-unsaturated/α-hetero) is 1. The molecular formula is C22H22FNO8. The molecule has 1 aliphatic rings. The van der Waals surface area contributed by atoms with Gasteiger partial charge in [-0.05, 0) is 49.7 Å². The normalized spacial score (nSPS) is 13.8. The second-order valence-electron chi connectivity index (χ2n) is 6.91. The molecule has 2 aromatic carbocycles. The third-order valence-corrected chi connectivity index (χ3v) is 4.91. The lowest BCUT2D eigenvalue weighted by atomic mass is 9.81. The van der Waals surface area contributed by atoms with Crippen LogP contribution in [0.2, 0.25) is 0 Å². The Bertz CT molecular complexity index is 1020. The summed E-state index contributed by atoms with van der Waals surface area (Å²) < 4.78 is 35.1. The summed E-state index contributed by atoms with van der Waals surface area (Å²) in [7, 11) is 0. The molecule has 3 rings (SSSR count). The van der Waals surface area contributed by atoms with E-state index >= 15 is 0 Å². The number of ketones is 1. The first-order chi connectivity index (χ1) is 15.3. The average Bonchev–Trinajstić information content (AvgIpc) is 3.22. The van der Waals surface area contributed by atoms with Crippen LogP contribution in [0.4, 0.5) is 4.39 Å². The molecule has 0 saturated carbocycles. The molecule has 32 heavy (non-hydrogen) atoms. The lowest BCUT2D eigenvalue weighted by Crippen LogP contribution is -2.35. The van der Waals surface area contributed by atoms with Gasteiger partial charge in [-0.3, -0.25) is 19.7 Å². The van der Waals surface area contributed by atoms with E-state index in [9.17, 15) is 24.1 Å². The quantitative estimate of drug-likeness (QED) is 0.179. The highest BCUT2D eigenvalue weighted by atomic mass is 19.1. The van der Waals surface area contributed by atoms with Gasteiger partial charge in [0.2, 0.25) is 13.3 Å². The van der Waals surface area contributed by atoms with E-state index in [1.807, 2.05) is 0 Å². The number of hydrogen-bond donors (Lipinski definition) is 0. The van der Waals surface area contributed by atoms with E-state index in [-0.39, 0.29) is 31.3 Å². The van der Waals surface area contributed by atoms with Crippen LogP contribution in [0.25, 0.3) is 0 Å². The number of hydrogen-bond acceptors (Lipinski definition) is 8. The van der Waals surface area contributed by atoms with Gasteiger partial charge in [0.25, 0.3) is 0 Å². The molecule has 0 aliphatic carbocycles. The van der Waals surface area contributed by atoms with Crippen molar-refractivity contribution in [1.29, 1.82) is 0 Å². The molecule has 0 saturated heterocycles. The van der Waals surface area contributed by atoms with Crippen molar-refractivity contribution in [3.63, 3.8) is 0 Å². The first-order valence-corrected chi connectivity index (χ1v) is 10.00. The van der Waals surface area contributed by atoms with Gasteiger partial charge in [-0.15, -0.1) is 0 Å². The summed E-state index contributed by atoms with van der Waals surface area (Å²) in [5, 5.41) is 11.4. The molecule has 9 nitrogen and oxygen atoms in total. The van der Waals surface area contributed by atoms with Crippen molar-refractivity contribution in [3.8, 4) is 17.2 Å². The number of ether oxygens (including phenoxy) is 4. The third kappa shape index (κ3) is 4.96. The predicted octanol–water partition coefficient (Wildman–Crippen LogP) is 3.38. The van der Waals surface area contributed by atoms with Gasteiger partial charge in [0.05, 0.1) is 19.1 Å². The molecule has 10 heteroatoms. The first-order valence-electron chi connectivity index (χ1n) is 10.00. The monoisotopic (exact) mass is 447 g/mol. The summed E-state index contributed by atoms with van der Waals surface area (Å²) in [5.41, 5.74) is 0.196. The molecule has 2 atom stereocenters. The van der Waals surface area contributed by atoms with Crippen LogP contribution in [0.1, 0.15) is 35.7 Å². The number of benzene rings is 2. The number of carbonyl (C=O) groups is 2. The van der Waals surface area contributed by atoms with E-state index in [0.29, 0.717) is 17.1 Å². The highest BCUT2D eigenvalue weighted by molar-refractivity contribution is 6.09. The molecule has 0 bridgehead atoms. The Labute approximate surface area is 183 Å². The minimum atomic E-state index is -1.57. The Morgan fingerprint density at radius 3 is 2.53 bits per heavy atom. The van der Waals surface area contributed by atoms with Gasteiger partial charge in [-0.25, -0.2) is 4.39 Å². The van der Waals surface area contributed by atoms with E-state index in [1.54, 1.807) is 19.9 Å². The van der Waals surface area contributed by atoms with Crippen LogP contribution >= 0.6 is 0 Å². The number of fused-ring (bicyclic) bond motifs is 1. The fraction of sp³-hybridized carbons (Fsp3) is 0.364. The van der Waals surface area contributed by atoms with E-state index in [0.717, 1.165) is 6.07 Å². The minimum Gasteiger partial charge on any atom is -0.491 e. The van der Waals surface area contributed by atoms with Crippen molar-refractivity contribution in [3.05, 3.63) is 63.5 Å². The lowest BCUT2D eigenvalue weighted by Gasteiger charge is -2.22. The second-order valence-corrected chi connectivity index (χ2v) is 6.91. The van der Waals surface area contributed by atoms with Crippen molar-refractivity contribution in [2.75, 3.05) is 26.6 Å². The summed E-state index contributed by atoms with van der Waals surface area (Å²) in [6, 6.07) is 8.11. The van der Waals surface area contributed by atoms with Crippen LogP contribution in [0.15, 0.2) is 36.4 Å². The van der Waals surface area contributed by atoms with Crippen LogP contribution < -0.4 is 14.2 Å². The average molecular weight is 447 g/mol. The Morgan fingerprint density at radius 2 is 1.88 bits per heavy atom. The molecule has 0 fully saturated rings. The predicted molar refractivity (Wildman–Crippen MR) is 109 cm³/mol. The highest BCUT2D eigenvalue weighted by Crippen LogP contribution is 2.38. The van der Waals surface area contributed by atoms with Gasteiger partial charge in [0.15, 0.2) is 28.8 Å². The largest absolute Gasteiger partial charge is 0.491 e. The van der Waals surface area contributed by atoms with Gasteiger partial charge >= 0.3 is 5.97 Å². The number of halogens is 1. The summed E-state index contributed by atoms with van der Waals surface area (Å²) in [6.07, 6.45) is 0. The molecule has 2 aromatic rings. The Morgan fingerprint density at radius 1 is 1.12 bits per heavy atom. The molecule has 0 aromatic heterocycles. The van der Waals surface area contributed by atoms with Gasteiger partial charge in [-0.1, -0.05) is 6.07 Å². The molecule has 170 valence electrons. The van der Waals surface area contributed by atoms with E-state index < -0.39 is 40.9 Å². The molecule has 0 spiro atoms. The Kier molecular flexibility index (Phi) is 7.24. The summed E-state index contributed by atoms with van der Waals surface area (Å²) in [4.78, 5) is 37.0. The zero-order valence-corrected chi connectivity index (χ0v) is 17.5. The van der Waals surface area contributed by atoms with Gasteiger partial charge < -0.3 is 18.9 Å². The van der Waals surface area contributed by atoms with Crippen molar-refractivity contribution in [2.45, 2.75) is 19.8 Å². The molecule has 0 N–H and O–H groups in total. The zero-order valence-electron chi connectivity index (χ0n) is 17.5. The molecule has 1 aliphatic heterocycles. The maximum Gasteiger partial charge on any atom is 0.317 e. The SMILES string of the molecule is CCOC(=O)C(C(=O)c1ccc(OCC)c(F)c1)C(C[N+](=O)[O-])c1ccc2c(c1)OCO2. The Hall–Kier alpha value is -3.69. The van der Waals surface area contributed by atoms with Crippen molar-refractivity contribution < 1.29 is 37.9 Å². The fourth-order valence-corrected chi connectivity index (χ4v) is 3.50. The maximum absolute atomic E-state index is 14.4. The van der Waals surface area contributed by atoms with Crippen LogP contribution in [0.5, 0.6) is 17.2 Å². The van der Waals surface area contributed by atoms with Crippen molar-refractivity contribution >= 4 is 11.8 Å². The van der Waals surface area contributed by atoms with E-state index in [2.05, 4.69) is 0 Å². The van der Waals surface area contributed by atoms with Crippen molar-refractivity contribution in [2.24, 2.45) is 5.92 Å². The zero-order chi connectivity index (χ0) is 23.3. The third-order valence-electron chi connectivity index (χ3n) is 4.91. The number of esters is 1.